The molecule has 7 heteroatoms. The van der Waals surface area contributed by atoms with E-state index in [0.29, 0.717) is 30.6 Å². The highest BCUT2D eigenvalue weighted by atomic mass is 16.5. The Bertz CT molecular complexity index is 441. The SMILES string of the molecule is CCCOc1nc(NN)nc(N2CCCCCC2CC)n1. The normalized spacial score (nSPS) is 19.2. The number of aromatic nitrogens is 3. The van der Waals surface area contributed by atoms with Crippen LogP contribution in [0.3, 0.4) is 0 Å². The molecular formula is C14H26N6O. The van der Waals surface area contributed by atoms with Crippen LogP contribution in [0.5, 0.6) is 6.01 Å². The Kier molecular flexibility index (Phi) is 5.98. The van der Waals surface area contributed by atoms with E-state index in [0.717, 1.165) is 19.4 Å². The smallest absolute Gasteiger partial charge is 0.323 e. The van der Waals surface area contributed by atoms with Crippen LogP contribution in [-0.2, 0) is 0 Å². The molecule has 0 aromatic carbocycles. The molecule has 1 aromatic heterocycles. The fourth-order valence-corrected chi connectivity index (χ4v) is 2.66. The molecule has 0 aliphatic carbocycles. The van der Waals surface area contributed by atoms with Gasteiger partial charge in [0.15, 0.2) is 0 Å². The Morgan fingerprint density at radius 3 is 2.81 bits per heavy atom. The zero-order valence-corrected chi connectivity index (χ0v) is 13.0. The predicted molar refractivity (Wildman–Crippen MR) is 83.3 cm³/mol. The van der Waals surface area contributed by atoms with Gasteiger partial charge in [-0.2, -0.15) is 15.0 Å². The van der Waals surface area contributed by atoms with Crippen molar-refractivity contribution in [3.05, 3.63) is 0 Å². The molecule has 1 aliphatic heterocycles. The minimum Gasteiger partial charge on any atom is -0.463 e. The maximum Gasteiger partial charge on any atom is 0.323 e. The van der Waals surface area contributed by atoms with Gasteiger partial charge in [-0.15, -0.1) is 0 Å². The van der Waals surface area contributed by atoms with Crippen molar-refractivity contribution in [3.63, 3.8) is 0 Å². The first-order valence-electron chi connectivity index (χ1n) is 7.90. The van der Waals surface area contributed by atoms with E-state index >= 15 is 0 Å². The molecule has 3 N–H and O–H groups in total. The number of nitrogen functional groups attached to an aromatic ring is 1. The Hall–Kier alpha value is -1.63. The second-order valence-corrected chi connectivity index (χ2v) is 5.34. The number of anilines is 2. The van der Waals surface area contributed by atoms with Crippen LogP contribution >= 0.6 is 0 Å². The topological polar surface area (TPSA) is 89.2 Å². The Labute approximate surface area is 126 Å². The minimum absolute atomic E-state index is 0.342. The van der Waals surface area contributed by atoms with Crippen molar-refractivity contribution in [2.24, 2.45) is 5.84 Å². The highest BCUT2D eigenvalue weighted by Crippen LogP contribution is 2.24. The lowest BCUT2D eigenvalue weighted by molar-refractivity contribution is 0.291. The number of rotatable bonds is 6. The largest absolute Gasteiger partial charge is 0.463 e. The maximum absolute atomic E-state index is 5.54. The van der Waals surface area contributed by atoms with Crippen LogP contribution in [-0.4, -0.2) is 34.1 Å². The van der Waals surface area contributed by atoms with Gasteiger partial charge < -0.3 is 9.64 Å². The number of nitrogens with one attached hydrogen (secondary N) is 1. The molecule has 0 radical (unpaired) electrons. The van der Waals surface area contributed by atoms with Crippen molar-refractivity contribution < 1.29 is 4.74 Å². The molecule has 2 rings (SSSR count). The van der Waals surface area contributed by atoms with Crippen LogP contribution in [0.15, 0.2) is 0 Å². The molecule has 1 aliphatic rings. The van der Waals surface area contributed by atoms with E-state index in [1.54, 1.807) is 0 Å². The molecule has 1 fully saturated rings. The minimum atomic E-state index is 0.342. The van der Waals surface area contributed by atoms with Gasteiger partial charge in [-0.3, -0.25) is 5.43 Å². The molecule has 21 heavy (non-hydrogen) atoms. The monoisotopic (exact) mass is 294 g/mol. The third-order valence-corrected chi connectivity index (χ3v) is 3.77. The Morgan fingerprint density at radius 1 is 1.24 bits per heavy atom. The number of hydrogen-bond acceptors (Lipinski definition) is 7. The summed E-state index contributed by atoms with van der Waals surface area (Å²) in [6, 6.07) is 0.813. The summed E-state index contributed by atoms with van der Waals surface area (Å²) >= 11 is 0. The Balaban J connectivity index is 2.26. The van der Waals surface area contributed by atoms with Crippen molar-refractivity contribution in [1.82, 2.24) is 15.0 Å². The third-order valence-electron chi connectivity index (χ3n) is 3.77. The summed E-state index contributed by atoms with van der Waals surface area (Å²) in [6.07, 6.45) is 6.87. The van der Waals surface area contributed by atoms with E-state index in [2.05, 4.69) is 32.2 Å². The standard InChI is InChI=1S/C14H26N6O/c1-3-10-21-14-17-12(19-15)16-13(18-14)20-9-7-5-6-8-11(20)4-2/h11H,3-10,15H2,1-2H3,(H,16,17,18,19). The van der Waals surface area contributed by atoms with Gasteiger partial charge in [-0.25, -0.2) is 5.84 Å². The summed E-state index contributed by atoms with van der Waals surface area (Å²) in [5.74, 6) is 6.48. The van der Waals surface area contributed by atoms with E-state index in [9.17, 15) is 0 Å². The fourth-order valence-electron chi connectivity index (χ4n) is 2.66. The number of hydrogen-bond donors (Lipinski definition) is 2. The number of nitrogens with zero attached hydrogens (tertiary/aromatic N) is 4. The molecule has 1 aromatic rings. The first-order valence-corrected chi connectivity index (χ1v) is 7.90. The fraction of sp³-hybridized carbons (Fsp3) is 0.786. The summed E-state index contributed by atoms with van der Waals surface area (Å²) in [4.78, 5) is 15.3. The molecular weight excluding hydrogens is 268 g/mol. The average Bonchev–Trinajstić information content (AvgIpc) is 2.77. The summed E-state index contributed by atoms with van der Waals surface area (Å²) in [7, 11) is 0. The molecule has 1 unspecified atom stereocenters. The second-order valence-electron chi connectivity index (χ2n) is 5.34. The van der Waals surface area contributed by atoms with E-state index in [-0.39, 0.29) is 0 Å². The van der Waals surface area contributed by atoms with Crippen LogP contribution in [0, 0.1) is 0 Å². The zero-order chi connectivity index (χ0) is 15.1. The van der Waals surface area contributed by atoms with Crippen molar-refractivity contribution in [3.8, 4) is 6.01 Å². The molecule has 2 heterocycles. The van der Waals surface area contributed by atoms with Gasteiger partial charge in [0.1, 0.15) is 0 Å². The van der Waals surface area contributed by atoms with Crippen LogP contribution in [0.25, 0.3) is 0 Å². The summed E-state index contributed by atoms with van der Waals surface area (Å²) in [5.41, 5.74) is 2.50. The second kappa shape index (κ2) is 7.97. The van der Waals surface area contributed by atoms with E-state index in [4.69, 9.17) is 10.6 Å². The molecule has 0 spiro atoms. The number of nitrogens with two attached hydrogens (primary N) is 1. The lowest BCUT2D eigenvalue weighted by atomic mass is 10.1. The van der Waals surface area contributed by atoms with Crippen molar-refractivity contribution in [2.45, 2.75) is 58.4 Å². The highest BCUT2D eigenvalue weighted by Gasteiger charge is 2.23. The lowest BCUT2D eigenvalue weighted by Gasteiger charge is -2.29. The molecule has 0 amide bonds. The quantitative estimate of drug-likeness (QED) is 0.613. The van der Waals surface area contributed by atoms with Gasteiger partial charge in [0.2, 0.25) is 11.9 Å². The van der Waals surface area contributed by atoms with Gasteiger partial charge in [-0.1, -0.05) is 26.7 Å². The molecule has 0 saturated carbocycles. The Morgan fingerprint density at radius 2 is 2.10 bits per heavy atom. The van der Waals surface area contributed by atoms with Crippen molar-refractivity contribution >= 4 is 11.9 Å². The molecule has 7 nitrogen and oxygen atoms in total. The van der Waals surface area contributed by atoms with E-state index in [1.165, 1.54) is 25.7 Å². The third kappa shape index (κ3) is 4.17. The van der Waals surface area contributed by atoms with E-state index in [1.807, 2.05) is 6.92 Å². The number of ether oxygens (including phenoxy) is 1. The summed E-state index contributed by atoms with van der Waals surface area (Å²) in [5, 5.41) is 0. The first kappa shape index (κ1) is 15.8. The molecule has 118 valence electrons. The number of hydrazine groups is 1. The predicted octanol–water partition coefficient (Wildman–Crippen LogP) is 2.10. The maximum atomic E-state index is 5.54. The molecule has 1 saturated heterocycles. The van der Waals surface area contributed by atoms with Gasteiger partial charge in [0.05, 0.1) is 6.61 Å². The highest BCUT2D eigenvalue weighted by molar-refractivity contribution is 5.39. The van der Waals surface area contributed by atoms with Crippen molar-refractivity contribution in [1.29, 1.82) is 0 Å². The van der Waals surface area contributed by atoms with E-state index < -0.39 is 0 Å². The van der Waals surface area contributed by atoms with Crippen LogP contribution in [0.2, 0.25) is 0 Å². The molecule has 1 atom stereocenters. The zero-order valence-electron chi connectivity index (χ0n) is 13.0. The van der Waals surface area contributed by atoms with Crippen LogP contribution < -0.4 is 20.9 Å². The lowest BCUT2D eigenvalue weighted by Crippen LogP contribution is -2.36. The van der Waals surface area contributed by atoms with Crippen molar-refractivity contribution in [2.75, 3.05) is 23.5 Å². The first-order chi connectivity index (χ1) is 10.3. The molecule has 0 bridgehead atoms. The van der Waals surface area contributed by atoms with Gasteiger partial charge in [0.25, 0.3) is 0 Å². The summed E-state index contributed by atoms with van der Waals surface area (Å²) < 4.78 is 5.54. The van der Waals surface area contributed by atoms with Gasteiger partial charge in [0, 0.05) is 12.6 Å². The summed E-state index contributed by atoms with van der Waals surface area (Å²) in [6.45, 7) is 5.82. The van der Waals surface area contributed by atoms with Crippen LogP contribution in [0.1, 0.15) is 52.4 Å². The van der Waals surface area contributed by atoms with Gasteiger partial charge in [-0.05, 0) is 25.7 Å². The average molecular weight is 294 g/mol. The van der Waals surface area contributed by atoms with Crippen LogP contribution in [0.4, 0.5) is 11.9 Å². The van der Waals surface area contributed by atoms with Gasteiger partial charge >= 0.3 is 6.01 Å².